The van der Waals surface area contributed by atoms with Gasteiger partial charge < -0.3 is 15.4 Å². The van der Waals surface area contributed by atoms with E-state index in [0.29, 0.717) is 13.1 Å². The Kier molecular flexibility index (Phi) is 6.30. The summed E-state index contributed by atoms with van der Waals surface area (Å²) in [5, 5.41) is 0. The lowest BCUT2D eigenvalue weighted by atomic mass is 10.0. The number of rotatable bonds is 2. The largest absolute Gasteiger partial charge is 0.372 e. The van der Waals surface area contributed by atoms with Gasteiger partial charge in [-0.3, -0.25) is 4.79 Å². The molecular weight excluding hydrogens is 228 g/mol. The summed E-state index contributed by atoms with van der Waals surface area (Å²) < 4.78 is 5.57. The van der Waals surface area contributed by atoms with E-state index in [-0.39, 0.29) is 42.5 Å². The number of amides is 1. The molecule has 5 heteroatoms. The van der Waals surface area contributed by atoms with E-state index in [9.17, 15) is 4.79 Å². The van der Waals surface area contributed by atoms with Crippen molar-refractivity contribution in [2.24, 2.45) is 11.7 Å². The second kappa shape index (κ2) is 6.42. The molecule has 2 unspecified atom stereocenters. The summed E-state index contributed by atoms with van der Waals surface area (Å²) in [5.41, 5.74) is 5.85. The van der Waals surface area contributed by atoms with E-state index < -0.39 is 0 Å². The van der Waals surface area contributed by atoms with Gasteiger partial charge in [-0.05, 0) is 19.8 Å². The zero-order valence-electron chi connectivity index (χ0n) is 10.5. The molecule has 0 bridgehead atoms. The molecule has 4 nitrogen and oxygen atoms in total. The third-order valence-electron chi connectivity index (χ3n) is 2.73. The summed E-state index contributed by atoms with van der Waals surface area (Å²) >= 11 is 0. The molecule has 3 atom stereocenters. The van der Waals surface area contributed by atoms with Gasteiger partial charge in [0.2, 0.25) is 5.91 Å². The van der Waals surface area contributed by atoms with Crippen LogP contribution in [0.2, 0.25) is 0 Å². The third-order valence-corrected chi connectivity index (χ3v) is 2.73. The van der Waals surface area contributed by atoms with Crippen molar-refractivity contribution in [3.05, 3.63) is 0 Å². The highest BCUT2D eigenvalue weighted by atomic mass is 35.5. The molecule has 0 spiro atoms. The number of halogens is 1. The lowest BCUT2D eigenvalue weighted by molar-refractivity contribution is -0.145. The maximum Gasteiger partial charge on any atom is 0.239 e. The first-order chi connectivity index (χ1) is 6.91. The Labute approximate surface area is 104 Å². The predicted molar refractivity (Wildman–Crippen MR) is 66.7 cm³/mol. The number of carbonyl (C=O) groups excluding carboxylic acids is 1. The first kappa shape index (κ1) is 15.7. The van der Waals surface area contributed by atoms with Crippen molar-refractivity contribution in [1.82, 2.24) is 4.90 Å². The molecule has 2 N–H and O–H groups in total. The Hall–Kier alpha value is -0.320. The van der Waals surface area contributed by atoms with E-state index in [2.05, 4.69) is 0 Å². The molecular formula is C11H23ClN2O2. The van der Waals surface area contributed by atoms with E-state index in [1.165, 1.54) is 0 Å². The van der Waals surface area contributed by atoms with Crippen LogP contribution in [0.5, 0.6) is 0 Å². The van der Waals surface area contributed by atoms with Gasteiger partial charge in [-0.15, -0.1) is 12.4 Å². The normalized spacial score (nSPS) is 27.5. The summed E-state index contributed by atoms with van der Waals surface area (Å²) in [7, 11) is 0. The van der Waals surface area contributed by atoms with Crippen LogP contribution in [-0.2, 0) is 9.53 Å². The van der Waals surface area contributed by atoms with Gasteiger partial charge in [0.25, 0.3) is 0 Å². The number of nitrogens with zero attached hydrogens (tertiary/aromatic N) is 1. The Balaban J connectivity index is 0.00000225. The summed E-state index contributed by atoms with van der Waals surface area (Å²) in [5.74, 6) is 0.234. The zero-order chi connectivity index (χ0) is 11.6. The molecule has 0 saturated carbocycles. The van der Waals surface area contributed by atoms with Gasteiger partial charge in [0.15, 0.2) is 0 Å². The monoisotopic (exact) mass is 250 g/mol. The number of morpholine rings is 1. The maximum absolute atomic E-state index is 12.0. The lowest BCUT2D eigenvalue weighted by Gasteiger charge is -2.37. The molecule has 0 aliphatic carbocycles. The van der Waals surface area contributed by atoms with Crippen LogP contribution in [0, 0.1) is 5.92 Å². The minimum atomic E-state index is -0.387. The molecule has 0 radical (unpaired) electrons. The van der Waals surface area contributed by atoms with Crippen LogP contribution in [-0.4, -0.2) is 42.1 Å². The molecule has 0 aromatic heterocycles. The van der Waals surface area contributed by atoms with Gasteiger partial charge in [-0.2, -0.15) is 0 Å². The summed E-state index contributed by atoms with van der Waals surface area (Å²) in [6, 6.07) is -0.387. The highest BCUT2D eigenvalue weighted by molar-refractivity contribution is 5.85. The number of nitrogens with two attached hydrogens (primary N) is 1. The summed E-state index contributed by atoms with van der Waals surface area (Å²) in [6.45, 7) is 9.21. The van der Waals surface area contributed by atoms with Crippen molar-refractivity contribution in [2.45, 2.75) is 45.9 Å². The average molecular weight is 251 g/mol. The molecule has 1 heterocycles. The molecule has 16 heavy (non-hydrogen) atoms. The van der Waals surface area contributed by atoms with Crippen molar-refractivity contribution >= 4 is 18.3 Å². The molecule has 1 aliphatic heterocycles. The molecule has 1 amide bonds. The van der Waals surface area contributed by atoms with E-state index in [1.54, 1.807) is 0 Å². The zero-order valence-corrected chi connectivity index (χ0v) is 11.3. The van der Waals surface area contributed by atoms with Gasteiger partial charge in [0, 0.05) is 13.1 Å². The second-order valence-corrected chi connectivity index (χ2v) is 4.77. The van der Waals surface area contributed by atoms with Crippen molar-refractivity contribution in [3.8, 4) is 0 Å². The highest BCUT2D eigenvalue weighted by Crippen LogP contribution is 2.13. The Morgan fingerprint density at radius 3 is 2.12 bits per heavy atom. The van der Waals surface area contributed by atoms with Gasteiger partial charge >= 0.3 is 0 Å². The average Bonchev–Trinajstić information content (AvgIpc) is 2.13. The van der Waals surface area contributed by atoms with E-state index in [1.807, 2.05) is 32.6 Å². The number of hydrogen-bond donors (Lipinski definition) is 1. The number of carbonyl (C=O) groups is 1. The van der Waals surface area contributed by atoms with Crippen molar-refractivity contribution in [1.29, 1.82) is 0 Å². The van der Waals surface area contributed by atoms with Gasteiger partial charge in [-0.25, -0.2) is 0 Å². The van der Waals surface area contributed by atoms with Crippen molar-refractivity contribution in [3.63, 3.8) is 0 Å². The Morgan fingerprint density at radius 2 is 1.75 bits per heavy atom. The molecule has 0 aromatic carbocycles. The Morgan fingerprint density at radius 1 is 1.31 bits per heavy atom. The Bertz CT molecular complexity index is 226. The fourth-order valence-electron chi connectivity index (χ4n) is 1.85. The van der Waals surface area contributed by atoms with Gasteiger partial charge in [-0.1, -0.05) is 13.8 Å². The smallest absolute Gasteiger partial charge is 0.239 e. The lowest BCUT2D eigenvalue weighted by Crippen LogP contribution is -2.54. The van der Waals surface area contributed by atoms with Crippen LogP contribution in [0.1, 0.15) is 27.7 Å². The third kappa shape index (κ3) is 3.92. The fraction of sp³-hybridized carbons (Fsp3) is 0.909. The highest BCUT2D eigenvalue weighted by Gasteiger charge is 2.29. The van der Waals surface area contributed by atoms with Crippen LogP contribution in [0.3, 0.4) is 0 Å². The molecule has 0 aromatic rings. The van der Waals surface area contributed by atoms with Crippen molar-refractivity contribution < 1.29 is 9.53 Å². The SMILES string of the molecule is CC1CN(C(=O)[C@H](N)C(C)C)CC(C)O1.Cl. The standard InChI is InChI=1S/C11H22N2O2.ClH/c1-7(2)10(12)11(14)13-5-8(3)15-9(4)6-13;/h7-10H,5-6,12H2,1-4H3;1H/t8?,9?,10-;/m1./s1. The van der Waals surface area contributed by atoms with Crippen LogP contribution in [0.4, 0.5) is 0 Å². The van der Waals surface area contributed by atoms with Gasteiger partial charge in [0.05, 0.1) is 18.2 Å². The van der Waals surface area contributed by atoms with Crippen LogP contribution in [0.15, 0.2) is 0 Å². The van der Waals surface area contributed by atoms with Crippen LogP contribution < -0.4 is 5.73 Å². The topological polar surface area (TPSA) is 55.6 Å². The van der Waals surface area contributed by atoms with Gasteiger partial charge in [0.1, 0.15) is 0 Å². The maximum atomic E-state index is 12.0. The van der Waals surface area contributed by atoms with E-state index in [4.69, 9.17) is 10.5 Å². The molecule has 1 saturated heterocycles. The summed E-state index contributed by atoms with van der Waals surface area (Å²) in [6.07, 6.45) is 0.217. The number of ether oxygens (including phenoxy) is 1. The first-order valence-electron chi connectivity index (χ1n) is 5.61. The van der Waals surface area contributed by atoms with Crippen LogP contribution >= 0.6 is 12.4 Å². The summed E-state index contributed by atoms with van der Waals surface area (Å²) in [4.78, 5) is 13.8. The fourth-order valence-corrected chi connectivity index (χ4v) is 1.85. The second-order valence-electron chi connectivity index (χ2n) is 4.77. The minimum absolute atomic E-state index is 0. The minimum Gasteiger partial charge on any atom is -0.372 e. The predicted octanol–water partition coefficient (Wildman–Crippen LogP) is 1.03. The van der Waals surface area contributed by atoms with E-state index in [0.717, 1.165) is 0 Å². The van der Waals surface area contributed by atoms with Crippen LogP contribution in [0.25, 0.3) is 0 Å². The number of hydrogen-bond acceptors (Lipinski definition) is 3. The first-order valence-corrected chi connectivity index (χ1v) is 5.61. The van der Waals surface area contributed by atoms with E-state index >= 15 is 0 Å². The molecule has 1 fully saturated rings. The molecule has 1 aliphatic rings. The molecule has 96 valence electrons. The molecule has 1 rings (SSSR count). The quantitative estimate of drug-likeness (QED) is 0.797. The van der Waals surface area contributed by atoms with Crippen molar-refractivity contribution in [2.75, 3.05) is 13.1 Å².